The lowest BCUT2D eigenvalue weighted by atomic mass is 10.4. The Balaban J connectivity index is 2.94. The van der Waals surface area contributed by atoms with Gasteiger partial charge < -0.3 is 5.11 Å². The smallest absolute Gasteiger partial charge is 0.254 e. The minimum atomic E-state index is -0.564. The minimum Gasteiger partial charge on any atom is -0.392 e. The summed E-state index contributed by atoms with van der Waals surface area (Å²) in [6, 6.07) is 1.21. The summed E-state index contributed by atoms with van der Waals surface area (Å²) in [5.74, 6) is 0. The number of halogens is 1. The molecule has 0 saturated carbocycles. The molecule has 1 aromatic rings. The van der Waals surface area contributed by atoms with Crippen molar-refractivity contribution in [2.45, 2.75) is 19.6 Å². The number of nitrogens with zero attached hydrogens (tertiary/aromatic N) is 2. The molecule has 0 amide bonds. The first-order chi connectivity index (χ1) is 5.59. The zero-order chi connectivity index (χ0) is 9.14. The Labute approximate surface area is 74.4 Å². The van der Waals surface area contributed by atoms with Crippen molar-refractivity contribution in [3.63, 3.8) is 0 Å². The molecule has 0 aliphatic heterocycles. The third kappa shape index (κ3) is 2.32. The van der Waals surface area contributed by atoms with Gasteiger partial charge in [0.25, 0.3) is 5.56 Å². The van der Waals surface area contributed by atoms with Crippen LogP contribution in [0.25, 0.3) is 0 Å². The van der Waals surface area contributed by atoms with Crippen LogP contribution in [-0.2, 0) is 6.54 Å². The van der Waals surface area contributed by atoms with Crippen molar-refractivity contribution in [2.75, 3.05) is 0 Å². The quantitative estimate of drug-likeness (QED) is 0.679. The van der Waals surface area contributed by atoms with Crippen molar-refractivity contribution in [2.24, 2.45) is 0 Å². The lowest BCUT2D eigenvalue weighted by Gasteiger charge is -2.05. The van der Waals surface area contributed by atoms with E-state index in [1.54, 1.807) is 6.92 Å². The van der Waals surface area contributed by atoms with Crippen LogP contribution in [0.1, 0.15) is 6.92 Å². The first-order valence-electron chi connectivity index (χ1n) is 3.49. The topological polar surface area (TPSA) is 55.1 Å². The molecule has 1 rings (SSSR count). The summed E-state index contributed by atoms with van der Waals surface area (Å²) in [5, 5.41) is 9.15. The van der Waals surface area contributed by atoms with Crippen LogP contribution in [0, 0.1) is 0 Å². The standard InChI is InChI=1S/C7H9ClN2O2/c1-5(11)3-10-4-9-6(8)2-7(10)12/h2,4-5,11H,3H2,1H3. The average Bonchev–Trinajstić information content (AvgIpc) is 1.94. The van der Waals surface area contributed by atoms with Gasteiger partial charge >= 0.3 is 0 Å². The molecule has 66 valence electrons. The molecule has 1 unspecified atom stereocenters. The molecule has 1 aromatic heterocycles. The minimum absolute atomic E-state index is 0.168. The van der Waals surface area contributed by atoms with Crippen LogP contribution in [0.2, 0.25) is 5.15 Å². The third-order valence-electron chi connectivity index (χ3n) is 1.31. The summed E-state index contributed by atoms with van der Waals surface area (Å²) < 4.78 is 1.30. The largest absolute Gasteiger partial charge is 0.392 e. The normalized spacial score (nSPS) is 12.9. The molecule has 0 fully saturated rings. The molecule has 0 aliphatic rings. The second-order valence-corrected chi connectivity index (χ2v) is 2.94. The van der Waals surface area contributed by atoms with Crippen molar-refractivity contribution in [1.82, 2.24) is 9.55 Å². The summed E-state index contributed by atoms with van der Waals surface area (Å²) in [6.45, 7) is 1.84. The summed E-state index contributed by atoms with van der Waals surface area (Å²) >= 11 is 5.47. The van der Waals surface area contributed by atoms with Gasteiger partial charge in [-0.1, -0.05) is 11.6 Å². The lowest BCUT2D eigenvalue weighted by Crippen LogP contribution is -2.24. The number of aliphatic hydroxyl groups excluding tert-OH is 1. The van der Waals surface area contributed by atoms with Crippen molar-refractivity contribution >= 4 is 11.6 Å². The number of aliphatic hydroxyl groups is 1. The first-order valence-corrected chi connectivity index (χ1v) is 3.87. The molecule has 1 atom stereocenters. The molecule has 4 nitrogen and oxygen atoms in total. The molecule has 12 heavy (non-hydrogen) atoms. The number of hydrogen-bond acceptors (Lipinski definition) is 3. The van der Waals surface area contributed by atoms with E-state index >= 15 is 0 Å². The third-order valence-corrected chi connectivity index (χ3v) is 1.51. The molecule has 0 bridgehead atoms. The Morgan fingerprint density at radius 1 is 1.83 bits per heavy atom. The zero-order valence-corrected chi connectivity index (χ0v) is 7.32. The van der Waals surface area contributed by atoms with Gasteiger partial charge in [-0.05, 0) is 6.92 Å². The van der Waals surface area contributed by atoms with Crippen LogP contribution in [0.15, 0.2) is 17.2 Å². The van der Waals surface area contributed by atoms with Crippen molar-refractivity contribution < 1.29 is 5.11 Å². The van der Waals surface area contributed by atoms with Gasteiger partial charge in [-0.2, -0.15) is 0 Å². The molecular formula is C7H9ClN2O2. The second-order valence-electron chi connectivity index (χ2n) is 2.55. The fourth-order valence-corrected chi connectivity index (χ4v) is 0.963. The Morgan fingerprint density at radius 3 is 3.00 bits per heavy atom. The molecule has 1 heterocycles. The number of aromatic nitrogens is 2. The molecule has 5 heteroatoms. The SMILES string of the molecule is CC(O)Cn1cnc(Cl)cc1=O. The maximum atomic E-state index is 11.1. The fraction of sp³-hybridized carbons (Fsp3) is 0.429. The van der Waals surface area contributed by atoms with Crippen LogP contribution < -0.4 is 5.56 Å². The van der Waals surface area contributed by atoms with E-state index in [-0.39, 0.29) is 17.3 Å². The van der Waals surface area contributed by atoms with Crippen LogP contribution >= 0.6 is 11.6 Å². The van der Waals surface area contributed by atoms with Gasteiger partial charge in [0.1, 0.15) is 5.15 Å². The highest BCUT2D eigenvalue weighted by molar-refractivity contribution is 6.29. The van der Waals surface area contributed by atoms with E-state index in [9.17, 15) is 4.79 Å². The van der Waals surface area contributed by atoms with E-state index in [0.717, 1.165) is 0 Å². The number of hydrogen-bond donors (Lipinski definition) is 1. The van der Waals surface area contributed by atoms with E-state index in [0.29, 0.717) is 0 Å². The predicted molar refractivity (Wildman–Crippen MR) is 45.2 cm³/mol. The highest BCUT2D eigenvalue weighted by Gasteiger charge is 2.00. The monoisotopic (exact) mass is 188 g/mol. The Morgan fingerprint density at radius 2 is 2.50 bits per heavy atom. The fourth-order valence-electron chi connectivity index (χ4n) is 0.826. The summed E-state index contributed by atoms with van der Waals surface area (Å²) in [4.78, 5) is 14.8. The summed E-state index contributed by atoms with van der Waals surface area (Å²) in [5.41, 5.74) is -0.254. The van der Waals surface area contributed by atoms with Crippen LogP contribution in [-0.4, -0.2) is 20.8 Å². The Kier molecular flexibility index (Phi) is 2.83. The number of rotatable bonds is 2. The Hall–Kier alpha value is -0.870. The highest BCUT2D eigenvalue weighted by Crippen LogP contribution is 1.96. The van der Waals surface area contributed by atoms with E-state index in [1.165, 1.54) is 17.0 Å². The van der Waals surface area contributed by atoms with Gasteiger partial charge in [-0.3, -0.25) is 9.36 Å². The molecule has 0 spiro atoms. The molecule has 0 aliphatic carbocycles. The maximum Gasteiger partial charge on any atom is 0.254 e. The molecule has 0 saturated heterocycles. The van der Waals surface area contributed by atoms with Crippen LogP contribution in [0.5, 0.6) is 0 Å². The van der Waals surface area contributed by atoms with Gasteiger partial charge in [0, 0.05) is 6.07 Å². The second kappa shape index (κ2) is 3.69. The average molecular weight is 189 g/mol. The van der Waals surface area contributed by atoms with Gasteiger partial charge in [-0.25, -0.2) is 4.98 Å². The molecule has 1 N–H and O–H groups in total. The Bertz CT molecular complexity index is 321. The van der Waals surface area contributed by atoms with Gasteiger partial charge in [0.05, 0.1) is 19.0 Å². The molecular weight excluding hydrogens is 180 g/mol. The summed E-state index contributed by atoms with van der Waals surface area (Å²) in [6.07, 6.45) is 0.753. The van der Waals surface area contributed by atoms with E-state index < -0.39 is 6.10 Å². The van der Waals surface area contributed by atoms with Crippen molar-refractivity contribution in [3.8, 4) is 0 Å². The van der Waals surface area contributed by atoms with Gasteiger partial charge in [0.15, 0.2) is 0 Å². The first kappa shape index (κ1) is 9.22. The predicted octanol–water partition coefficient (Wildman–Crippen LogP) is 0.278. The molecule has 0 radical (unpaired) electrons. The van der Waals surface area contributed by atoms with Crippen LogP contribution in [0.4, 0.5) is 0 Å². The van der Waals surface area contributed by atoms with Crippen LogP contribution in [0.3, 0.4) is 0 Å². The van der Waals surface area contributed by atoms with Crippen molar-refractivity contribution in [1.29, 1.82) is 0 Å². The zero-order valence-electron chi connectivity index (χ0n) is 6.57. The van der Waals surface area contributed by atoms with Gasteiger partial charge in [0.2, 0.25) is 0 Å². The molecule has 0 aromatic carbocycles. The maximum absolute atomic E-state index is 11.1. The van der Waals surface area contributed by atoms with E-state index in [2.05, 4.69) is 4.98 Å². The van der Waals surface area contributed by atoms with E-state index in [1.807, 2.05) is 0 Å². The van der Waals surface area contributed by atoms with E-state index in [4.69, 9.17) is 16.7 Å². The highest BCUT2D eigenvalue weighted by atomic mass is 35.5. The lowest BCUT2D eigenvalue weighted by molar-refractivity contribution is 0.171. The summed E-state index contributed by atoms with van der Waals surface area (Å²) in [7, 11) is 0. The van der Waals surface area contributed by atoms with Gasteiger partial charge in [-0.15, -0.1) is 0 Å². The van der Waals surface area contributed by atoms with Crippen molar-refractivity contribution in [3.05, 3.63) is 27.9 Å².